The largest absolute Gasteiger partial charge is 0.385 e. The van der Waals surface area contributed by atoms with Gasteiger partial charge in [-0.25, -0.2) is 0 Å². The van der Waals surface area contributed by atoms with Crippen LogP contribution in [-0.2, 0) is 4.74 Å². The molecule has 0 aromatic carbocycles. The lowest BCUT2D eigenvalue weighted by atomic mass is 9.79. The Morgan fingerprint density at radius 2 is 2.31 bits per heavy atom. The highest BCUT2D eigenvalue weighted by Crippen LogP contribution is 2.35. The molecule has 2 rings (SSSR count). The highest BCUT2D eigenvalue weighted by Gasteiger charge is 2.44. The van der Waals surface area contributed by atoms with Crippen molar-refractivity contribution in [3.8, 4) is 0 Å². The summed E-state index contributed by atoms with van der Waals surface area (Å²) in [5.74, 6) is 0. The summed E-state index contributed by atoms with van der Waals surface area (Å²) < 4.78 is 5.04. The highest BCUT2D eigenvalue weighted by atomic mass is 16.5. The van der Waals surface area contributed by atoms with Crippen molar-refractivity contribution in [3.05, 3.63) is 0 Å². The van der Waals surface area contributed by atoms with Crippen LogP contribution in [-0.4, -0.2) is 51.3 Å². The van der Waals surface area contributed by atoms with E-state index in [1.165, 1.54) is 45.6 Å². The van der Waals surface area contributed by atoms with Gasteiger partial charge < -0.3 is 15.0 Å². The maximum atomic E-state index is 5.04. The summed E-state index contributed by atoms with van der Waals surface area (Å²) in [7, 11) is 1.78. The van der Waals surface area contributed by atoms with Crippen molar-refractivity contribution >= 4 is 0 Å². The zero-order valence-corrected chi connectivity index (χ0v) is 8.51. The van der Waals surface area contributed by atoms with Crippen LogP contribution in [0, 0.1) is 5.41 Å². The van der Waals surface area contributed by atoms with Gasteiger partial charge in [0.15, 0.2) is 0 Å². The molecule has 0 aliphatic carbocycles. The number of nitrogens with one attached hydrogen (secondary N) is 1. The third kappa shape index (κ3) is 2.03. The lowest BCUT2D eigenvalue weighted by Gasteiger charge is -2.48. The molecule has 3 nitrogen and oxygen atoms in total. The molecule has 0 aromatic heterocycles. The van der Waals surface area contributed by atoms with Crippen LogP contribution in [0.4, 0.5) is 0 Å². The molecule has 0 unspecified atom stereocenters. The van der Waals surface area contributed by atoms with E-state index in [0.717, 1.165) is 6.61 Å². The van der Waals surface area contributed by atoms with Gasteiger partial charge in [-0.3, -0.25) is 0 Å². The summed E-state index contributed by atoms with van der Waals surface area (Å²) in [6, 6.07) is 0. The average Bonchev–Trinajstić information content (AvgIpc) is 2.52. The van der Waals surface area contributed by atoms with Crippen LogP contribution in [0.5, 0.6) is 0 Å². The van der Waals surface area contributed by atoms with Crippen LogP contribution in [0.2, 0.25) is 0 Å². The summed E-state index contributed by atoms with van der Waals surface area (Å²) in [5.41, 5.74) is 0.660. The molecule has 76 valence electrons. The third-order valence-corrected chi connectivity index (χ3v) is 3.27. The van der Waals surface area contributed by atoms with E-state index < -0.39 is 0 Å². The van der Waals surface area contributed by atoms with E-state index in [-0.39, 0.29) is 0 Å². The van der Waals surface area contributed by atoms with E-state index in [2.05, 4.69) is 10.2 Å². The zero-order chi connectivity index (χ0) is 9.15. The Balaban J connectivity index is 1.61. The van der Waals surface area contributed by atoms with Crippen molar-refractivity contribution in [2.24, 2.45) is 5.41 Å². The molecule has 13 heavy (non-hydrogen) atoms. The molecular formula is C10H20N2O. The Kier molecular flexibility index (Phi) is 2.86. The molecule has 2 saturated heterocycles. The first-order valence-electron chi connectivity index (χ1n) is 5.27. The van der Waals surface area contributed by atoms with Crippen LogP contribution in [0.25, 0.3) is 0 Å². The van der Waals surface area contributed by atoms with E-state index in [4.69, 9.17) is 4.74 Å². The quantitative estimate of drug-likeness (QED) is 0.637. The van der Waals surface area contributed by atoms with Gasteiger partial charge in [-0.1, -0.05) is 0 Å². The summed E-state index contributed by atoms with van der Waals surface area (Å²) in [6.07, 6.45) is 2.56. The lowest BCUT2D eigenvalue weighted by molar-refractivity contribution is 0.0114. The predicted octanol–water partition coefficient (Wildman–Crippen LogP) is 0.318. The van der Waals surface area contributed by atoms with Gasteiger partial charge in [0.05, 0.1) is 0 Å². The highest BCUT2D eigenvalue weighted by molar-refractivity contribution is 4.99. The molecule has 2 aliphatic heterocycles. The maximum Gasteiger partial charge on any atom is 0.0474 e. The van der Waals surface area contributed by atoms with Gasteiger partial charge in [-0.2, -0.15) is 0 Å². The fraction of sp³-hybridized carbons (Fsp3) is 1.00. The molecule has 0 atom stereocenters. The van der Waals surface area contributed by atoms with Crippen LogP contribution in [0.15, 0.2) is 0 Å². The van der Waals surface area contributed by atoms with Gasteiger partial charge in [-0.15, -0.1) is 0 Å². The minimum atomic E-state index is 0.660. The Morgan fingerprint density at radius 1 is 1.46 bits per heavy atom. The van der Waals surface area contributed by atoms with Gasteiger partial charge in [0.25, 0.3) is 0 Å². The summed E-state index contributed by atoms with van der Waals surface area (Å²) >= 11 is 0. The Morgan fingerprint density at radius 3 is 2.92 bits per heavy atom. The fourth-order valence-corrected chi connectivity index (χ4v) is 2.56. The number of rotatable bonds is 4. The Hall–Kier alpha value is -0.120. The average molecular weight is 184 g/mol. The van der Waals surface area contributed by atoms with E-state index >= 15 is 0 Å². The van der Waals surface area contributed by atoms with Crippen molar-refractivity contribution in [2.75, 3.05) is 46.4 Å². The van der Waals surface area contributed by atoms with E-state index in [1.807, 2.05) is 0 Å². The van der Waals surface area contributed by atoms with Gasteiger partial charge in [0.1, 0.15) is 0 Å². The number of ether oxygens (including phenoxy) is 1. The zero-order valence-electron chi connectivity index (χ0n) is 8.51. The summed E-state index contributed by atoms with van der Waals surface area (Å²) in [4.78, 5) is 2.55. The molecule has 1 spiro atoms. The second-order valence-corrected chi connectivity index (χ2v) is 4.48. The molecule has 0 saturated carbocycles. The number of nitrogens with zero attached hydrogens (tertiary/aromatic N) is 1. The Labute approximate surface area is 80.4 Å². The van der Waals surface area contributed by atoms with Gasteiger partial charge in [0.2, 0.25) is 0 Å². The van der Waals surface area contributed by atoms with Crippen molar-refractivity contribution < 1.29 is 4.74 Å². The molecule has 0 aromatic rings. The minimum absolute atomic E-state index is 0.660. The third-order valence-electron chi connectivity index (χ3n) is 3.27. The fourth-order valence-electron chi connectivity index (χ4n) is 2.56. The number of likely N-dealkylation sites (tertiary alicyclic amines) is 1. The van der Waals surface area contributed by atoms with E-state index in [1.54, 1.807) is 7.11 Å². The second kappa shape index (κ2) is 3.95. The molecule has 2 heterocycles. The molecule has 1 N–H and O–H groups in total. The second-order valence-electron chi connectivity index (χ2n) is 4.48. The topological polar surface area (TPSA) is 24.5 Å². The first-order chi connectivity index (χ1) is 6.35. The monoisotopic (exact) mass is 184 g/mol. The number of hydrogen-bond acceptors (Lipinski definition) is 3. The minimum Gasteiger partial charge on any atom is -0.385 e. The van der Waals surface area contributed by atoms with Crippen LogP contribution in [0.1, 0.15) is 12.8 Å². The molecule has 2 aliphatic rings. The molecule has 2 fully saturated rings. The van der Waals surface area contributed by atoms with Crippen LogP contribution < -0.4 is 5.32 Å². The SMILES string of the molecule is COCCCN1CC2(CCNC2)C1. The molecule has 0 bridgehead atoms. The van der Waals surface area contributed by atoms with Gasteiger partial charge in [-0.05, 0) is 19.4 Å². The molecule has 0 radical (unpaired) electrons. The summed E-state index contributed by atoms with van der Waals surface area (Å²) in [5, 5.41) is 3.45. The van der Waals surface area contributed by atoms with Crippen molar-refractivity contribution in [1.29, 1.82) is 0 Å². The predicted molar refractivity (Wildman–Crippen MR) is 52.9 cm³/mol. The van der Waals surface area contributed by atoms with Gasteiger partial charge >= 0.3 is 0 Å². The molecule has 3 heteroatoms. The standard InChI is InChI=1S/C10H20N2O/c1-13-6-2-5-12-8-10(9-12)3-4-11-7-10/h11H,2-9H2,1H3. The Bertz CT molecular complexity index is 158. The summed E-state index contributed by atoms with van der Waals surface area (Å²) in [6.45, 7) is 7.21. The van der Waals surface area contributed by atoms with Crippen molar-refractivity contribution in [3.63, 3.8) is 0 Å². The number of hydrogen-bond donors (Lipinski definition) is 1. The van der Waals surface area contributed by atoms with Crippen LogP contribution >= 0.6 is 0 Å². The van der Waals surface area contributed by atoms with Crippen molar-refractivity contribution in [2.45, 2.75) is 12.8 Å². The first-order valence-corrected chi connectivity index (χ1v) is 5.27. The van der Waals surface area contributed by atoms with E-state index in [0.29, 0.717) is 5.41 Å². The number of methoxy groups -OCH3 is 1. The molecule has 0 amide bonds. The van der Waals surface area contributed by atoms with Crippen LogP contribution in [0.3, 0.4) is 0 Å². The smallest absolute Gasteiger partial charge is 0.0474 e. The lowest BCUT2D eigenvalue weighted by Crippen LogP contribution is -2.57. The first kappa shape index (κ1) is 9.44. The normalized spacial score (nSPS) is 26.5. The van der Waals surface area contributed by atoms with Crippen molar-refractivity contribution in [1.82, 2.24) is 10.2 Å². The van der Waals surface area contributed by atoms with E-state index in [9.17, 15) is 0 Å². The van der Waals surface area contributed by atoms with Gasteiger partial charge in [0, 0.05) is 45.3 Å². The maximum absolute atomic E-state index is 5.04. The molecular weight excluding hydrogens is 164 g/mol.